The summed E-state index contributed by atoms with van der Waals surface area (Å²) in [6.45, 7) is 0. The molecular formula is C21H15FN2O2. The zero-order valence-electron chi connectivity index (χ0n) is 13.6. The number of imidazole rings is 1. The minimum Gasteiger partial charge on any atom is -0.508 e. The van der Waals surface area contributed by atoms with Crippen molar-refractivity contribution < 1.29 is 14.6 Å². The number of hydrogen-bond donors (Lipinski definition) is 3. The van der Waals surface area contributed by atoms with Gasteiger partial charge in [-0.25, -0.2) is 9.37 Å². The van der Waals surface area contributed by atoms with Gasteiger partial charge in [-0.2, -0.15) is 0 Å². The summed E-state index contributed by atoms with van der Waals surface area (Å²) in [6.07, 6.45) is 0. The lowest BCUT2D eigenvalue weighted by Gasteiger charge is -2.04. The zero-order chi connectivity index (χ0) is 18.1. The predicted molar refractivity (Wildman–Crippen MR) is 98.2 cm³/mol. The van der Waals surface area contributed by atoms with Gasteiger partial charge in [0.05, 0.1) is 11.4 Å². The molecule has 26 heavy (non-hydrogen) atoms. The van der Waals surface area contributed by atoms with Crippen LogP contribution in [0.1, 0.15) is 0 Å². The first-order valence-electron chi connectivity index (χ1n) is 8.05. The second kappa shape index (κ2) is 6.37. The minimum absolute atomic E-state index is 0.175. The summed E-state index contributed by atoms with van der Waals surface area (Å²) in [5.41, 5.74) is 3.92. The SMILES string of the molecule is Oc1ccc(-c2nc(-c3ccc(F)cc3)[nH]c2-c2ccc(O)cc2)cc1. The molecule has 0 atom stereocenters. The number of H-pyrrole nitrogens is 1. The van der Waals surface area contributed by atoms with Gasteiger partial charge in [0.2, 0.25) is 0 Å². The first-order valence-corrected chi connectivity index (χ1v) is 8.05. The molecule has 0 aliphatic rings. The first kappa shape index (κ1) is 15.9. The van der Waals surface area contributed by atoms with Gasteiger partial charge in [0.15, 0.2) is 0 Å². The number of aromatic nitrogens is 2. The molecule has 4 nitrogen and oxygen atoms in total. The van der Waals surface area contributed by atoms with Gasteiger partial charge in [-0.05, 0) is 72.8 Å². The number of nitrogens with zero attached hydrogens (tertiary/aromatic N) is 1. The van der Waals surface area contributed by atoms with Crippen LogP contribution in [0.15, 0.2) is 72.8 Å². The molecule has 0 unspecified atom stereocenters. The van der Waals surface area contributed by atoms with Crippen LogP contribution in [0.3, 0.4) is 0 Å². The second-order valence-electron chi connectivity index (χ2n) is 5.91. The number of rotatable bonds is 3. The fourth-order valence-electron chi connectivity index (χ4n) is 2.78. The van der Waals surface area contributed by atoms with E-state index in [0.29, 0.717) is 11.5 Å². The van der Waals surface area contributed by atoms with Crippen LogP contribution >= 0.6 is 0 Å². The lowest BCUT2D eigenvalue weighted by atomic mass is 10.0. The molecular weight excluding hydrogens is 331 g/mol. The molecule has 0 aliphatic carbocycles. The average Bonchev–Trinajstić information content (AvgIpc) is 3.09. The van der Waals surface area contributed by atoms with E-state index in [1.807, 2.05) is 0 Å². The van der Waals surface area contributed by atoms with E-state index in [0.717, 1.165) is 22.4 Å². The summed E-state index contributed by atoms with van der Waals surface area (Å²) in [4.78, 5) is 7.98. The zero-order valence-corrected chi connectivity index (χ0v) is 13.6. The number of aromatic hydroxyl groups is 2. The number of nitrogens with one attached hydrogen (secondary N) is 1. The van der Waals surface area contributed by atoms with E-state index in [1.165, 1.54) is 12.1 Å². The maximum atomic E-state index is 13.2. The Bertz CT molecular complexity index is 974. The van der Waals surface area contributed by atoms with Crippen LogP contribution in [0.5, 0.6) is 11.5 Å². The lowest BCUT2D eigenvalue weighted by Crippen LogP contribution is -1.83. The Morgan fingerprint density at radius 2 is 1.15 bits per heavy atom. The predicted octanol–water partition coefficient (Wildman–Crippen LogP) is 4.96. The van der Waals surface area contributed by atoms with E-state index in [4.69, 9.17) is 0 Å². The highest BCUT2D eigenvalue weighted by Gasteiger charge is 2.15. The van der Waals surface area contributed by atoms with Crippen molar-refractivity contribution in [3.05, 3.63) is 78.6 Å². The third-order valence-electron chi connectivity index (χ3n) is 4.12. The van der Waals surface area contributed by atoms with Crippen molar-refractivity contribution in [1.29, 1.82) is 0 Å². The van der Waals surface area contributed by atoms with Crippen molar-refractivity contribution in [1.82, 2.24) is 9.97 Å². The number of phenols is 2. The molecule has 0 aliphatic heterocycles. The molecule has 0 radical (unpaired) electrons. The second-order valence-corrected chi connectivity index (χ2v) is 5.91. The first-order chi connectivity index (χ1) is 12.6. The van der Waals surface area contributed by atoms with Gasteiger partial charge in [0.1, 0.15) is 23.1 Å². The lowest BCUT2D eigenvalue weighted by molar-refractivity contribution is 0.475. The highest BCUT2D eigenvalue weighted by atomic mass is 19.1. The Kier molecular flexibility index (Phi) is 3.89. The molecule has 0 saturated heterocycles. The Hall–Kier alpha value is -3.60. The van der Waals surface area contributed by atoms with Crippen LogP contribution < -0.4 is 0 Å². The molecule has 4 rings (SSSR count). The minimum atomic E-state index is -0.308. The molecule has 5 heteroatoms. The van der Waals surface area contributed by atoms with Crippen molar-refractivity contribution in [3.8, 4) is 45.4 Å². The topological polar surface area (TPSA) is 69.1 Å². The number of hydrogen-bond acceptors (Lipinski definition) is 3. The number of halogens is 1. The van der Waals surface area contributed by atoms with E-state index in [-0.39, 0.29) is 17.3 Å². The van der Waals surface area contributed by atoms with E-state index < -0.39 is 0 Å². The standard InChI is InChI=1S/C21H15FN2O2/c22-16-7-1-15(2-8-16)21-23-19(13-3-9-17(25)10-4-13)20(24-21)14-5-11-18(26)12-6-14/h1-12,25-26H,(H,23,24). The quantitative estimate of drug-likeness (QED) is 0.491. The molecule has 128 valence electrons. The summed E-state index contributed by atoms with van der Waals surface area (Å²) < 4.78 is 13.2. The number of benzene rings is 3. The molecule has 0 saturated carbocycles. The van der Waals surface area contributed by atoms with Crippen LogP contribution in [0.2, 0.25) is 0 Å². The Balaban J connectivity index is 1.88. The van der Waals surface area contributed by atoms with Crippen molar-refractivity contribution in [2.45, 2.75) is 0 Å². The normalized spacial score (nSPS) is 10.8. The van der Waals surface area contributed by atoms with Crippen LogP contribution in [0.4, 0.5) is 4.39 Å². The molecule has 4 aromatic rings. The molecule has 1 aromatic heterocycles. The summed E-state index contributed by atoms with van der Waals surface area (Å²) in [7, 11) is 0. The van der Waals surface area contributed by atoms with E-state index >= 15 is 0 Å². The van der Waals surface area contributed by atoms with Crippen molar-refractivity contribution in [3.63, 3.8) is 0 Å². The number of aromatic amines is 1. The largest absolute Gasteiger partial charge is 0.508 e. The number of phenolic OH excluding ortho intramolecular Hbond substituents is 2. The van der Waals surface area contributed by atoms with Crippen LogP contribution in [-0.4, -0.2) is 20.2 Å². The van der Waals surface area contributed by atoms with Crippen molar-refractivity contribution >= 4 is 0 Å². The molecule has 0 amide bonds. The van der Waals surface area contributed by atoms with Crippen LogP contribution in [0, 0.1) is 5.82 Å². The van der Waals surface area contributed by atoms with Gasteiger partial charge in [0, 0.05) is 16.7 Å². The molecule has 0 fully saturated rings. The monoisotopic (exact) mass is 346 g/mol. The third kappa shape index (κ3) is 3.02. The van der Waals surface area contributed by atoms with Crippen molar-refractivity contribution in [2.75, 3.05) is 0 Å². The molecule has 3 aromatic carbocycles. The fraction of sp³-hybridized carbons (Fsp3) is 0. The maximum Gasteiger partial charge on any atom is 0.138 e. The third-order valence-corrected chi connectivity index (χ3v) is 4.12. The summed E-state index contributed by atoms with van der Waals surface area (Å²) in [5.74, 6) is 0.654. The van der Waals surface area contributed by atoms with Gasteiger partial charge in [-0.15, -0.1) is 0 Å². The van der Waals surface area contributed by atoms with E-state index in [2.05, 4.69) is 9.97 Å². The van der Waals surface area contributed by atoms with Gasteiger partial charge >= 0.3 is 0 Å². The van der Waals surface area contributed by atoms with Gasteiger partial charge < -0.3 is 15.2 Å². The highest BCUT2D eigenvalue weighted by molar-refractivity contribution is 5.81. The van der Waals surface area contributed by atoms with Crippen molar-refractivity contribution in [2.24, 2.45) is 0 Å². The molecule has 0 spiro atoms. The summed E-state index contributed by atoms with van der Waals surface area (Å²) in [5, 5.41) is 19.1. The van der Waals surface area contributed by atoms with Gasteiger partial charge in [-0.3, -0.25) is 0 Å². The Morgan fingerprint density at radius 3 is 1.73 bits per heavy atom. The van der Waals surface area contributed by atoms with Gasteiger partial charge in [-0.1, -0.05) is 0 Å². The fourth-order valence-corrected chi connectivity index (χ4v) is 2.78. The molecule has 1 heterocycles. The van der Waals surface area contributed by atoms with Gasteiger partial charge in [0.25, 0.3) is 0 Å². The van der Waals surface area contributed by atoms with E-state index in [9.17, 15) is 14.6 Å². The van der Waals surface area contributed by atoms with Crippen LogP contribution in [-0.2, 0) is 0 Å². The average molecular weight is 346 g/mol. The maximum absolute atomic E-state index is 13.2. The molecule has 0 bridgehead atoms. The van der Waals surface area contributed by atoms with Crippen LogP contribution in [0.25, 0.3) is 33.9 Å². The molecule has 3 N–H and O–H groups in total. The van der Waals surface area contributed by atoms with E-state index in [1.54, 1.807) is 60.7 Å². The highest BCUT2D eigenvalue weighted by Crippen LogP contribution is 2.34. The Morgan fingerprint density at radius 1 is 0.654 bits per heavy atom. The summed E-state index contributed by atoms with van der Waals surface area (Å²) in [6, 6.07) is 19.7. The Labute approximate surface area is 149 Å². The smallest absolute Gasteiger partial charge is 0.138 e. The summed E-state index contributed by atoms with van der Waals surface area (Å²) >= 11 is 0.